The van der Waals surface area contributed by atoms with Crippen LogP contribution < -0.4 is 11.1 Å². The minimum absolute atomic E-state index is 0.250. The maximum absolute atomic E-state index is 5.91. The summed E-state index contributed by atoms with van der Waals surface area (Å²) in [6.07, 6.45) is 5.51. The highest BCUT2D eigenvalue weighted by atomic mass is 15.0. The van der Waals surface area contributed by atoms with Crippen LogP contribution in [-0.2, 0) is 0 Å². The van der Waals surface area contributed by atoms with Crippen LogP contribution in [-0.4, -0.2) is 18.1 Å². The molecule has 1 fully saturated rings. The van der Waals surface area contributed by atoms with Crippen molar-refractivity contribution in [2.75, 3.05) is 0 Å². The zero-order chi connectivity index (χ0) is 11.4. The lowest BCUT2D eigenvalue weighted by atomic mass is 9.77. The molecule has 0 aliphatic heterocycles. The number of hydrogen-bond donors (Lipinski definition) is 2. The molecule has 1 rings (SSSR count). The largest absolute Gasteiger partial charge is 0.327 e. The first-order chi connectivity index (χ1) is 7.02. The van der Waals surface area contributed by atoms with Crippen molar-refractivity contribution in [3.63, 3.8) is 0 Å². The fourth-order valence-corrected chi connectivity index (χ4v) is 2.65. The lowest BCUT2D eigenvalue weighted by Gasteiger charge is -2.37. The minimum atomic E-state index is 0.250. The SMILES string of the molecule is CC(C)C1CCCCC1NC(C)C(C)N. The fourth-order valence-electron chi connectivity index (χ4n) is 2.65. The molecule has 0 aromatic heterocycles. The standard InChI is InChI=1S/C13H28N2/c1-9(2)12-7-5-6-8-13(12)15-11(4)10(3)14/h9-13,15H,5-8,14H2,1-4H3. The molecule has 0 radical (unpaired) electrons. The minimum Gasteiger partial charge on any atom is -0.327 e. The Morgan fingerprint density at radius 2 is 1.67 bits per heavy atom. The van der Waals surface area contributed by atoms with E-state index >= 15 is 0 Å². The Morgan fingerprint density at radius 1 is 1.07 bits per heavy atom. The molecule has 4 atom stereocenters. The predicted octanol–water partition coefficient (Wildman–Crippen LogP) is 2.53. The van der Waals surface area contributed by atoms with E-state index in [9.17, 15) is 0 Å². The van der Waals surface area contributed by atoms with Gasteiger partial charge < -0.3 is 11.1 Å². The van der Waals surface area contributed by atoms with Crippen LogP contribution in [0, 0.1) is 11.8 Å². The van der Waals surface area contributed by atoms with Gasteiger partial charge in [0.2, 0.25) is 0 Å². The third-order valence-corrected chi connectivity index (χ3v) is 3.94. The van der Waals surface area contributed by atoms with Crippen molar-refractivity contribution >= 4 is 0 Å². The average Bonchev–Trinajstić information content (AvgIpc) is 2.18. The summed E-state index contributed by atoms with van der Waals surface area (Å²) in [6.45, 7) is 8.99. The zero-order valence-electron chi connectivity index (χ0n) is 10.8. The van der Waals surface area contributed by atoms with Crippen LogP contribution in [0.4, 0.5) is 0 Å². The van der Waals surface area contributed by atoms with Gasteiger partial charge >= 0.3 is 0 Å². The highest BCUT2D eigenvalue weighted by Gasteiger charge is 2.28. The third-order valence-electron chi connectivity index (χ3n) is 3.94. The van der Waals surface area contributed by atoms with Crippen molar-refractivity contribution in [3.8, 4) is 0 Å². The summed E-state index contributed by atoms with van der Waals surface area (Å²) >= 11 is 0. The van der Waals surface area contributed by atoms with Gasteiger partial charge in [0.05, 0.1) is 0 Å². The summed E-state index contributed by atoms with van der Waals surface area (Å²) in [6, 6.07) is 1.38. The molecule has 2 nitrogen and oxygen atoms in total. The first-order valence-electron chi connectivity index (χ1n) is 6.54. The number of hydrogen-bond acceptors (Lipinski definition) is 2. The van der Waals surface area contributed by atoms with E-state index in [0.29, 0.717) is 12.1 Å². The molecule has 1 saturated carbocycles. The van der Waals surface area contributed by atoms with Crippen molar-refractivity contribution in [1.82, 2.24) is 5.32 Å². The average molecular weight is 212 g/mol. The van der Waals surface area contributed by atoms with Gasteiger partial charge in [-0.3, -0.25) is 0 Å². The smallest absolute Gasteiger partial charge is 0.0190 e. The molecular formula is C13H28N2. The zero-order valence-corrected chi connectivity index (χ0v) is 10.8. The van der Waals surface area contributed by atoms with Crippen LogP contribution in [0.5, 0.6) is 0 Å². The van der Waals surface area contributed by atoms with E-state index in [1.165, 1.54) is 25.7 Å². The van der Waals surface area contributed by atoms with E-state index in [1.807, 2.05) is 0 Å². The van der Waals surface area contributed by atoms with Crippen LogP contribution in [0.3, 0.4) is 0 Å². The van der Waals surface area contributed by atoms with Gasteiger partial charge in [-0.2, -0.15) is 0 Å². The Labute approximate surface area is 95.0 Å². The van der Waals surface area contributed by atoms with Gasteiger partial charge in [0.25, 0.3) is 0 Å². The Balaban J connectivity index is 2.49. The summed E-state index contributed by atoms with van der Waals surface area (Å²) in [5.74, 6) is 1.64. The van der Waals surface area contributed by atoms with Gasteiger partial charge in [-0.25, -0.2) is 0 Å². The monoisotopic (exact) mass is 212 g/mol. The number of nitrogens with one attached hydrogen (secondary N) is 1. The number of rotatable bonds is 4. The lowest BCUT2D eigenvalue weighted by Crippen LogP contribution is -2.50. The molecule has 0 aromatic rings. The van der Waals surface area contributed by atoms with E-state index in [0.717, 1.165) is 11.8 Å². The Morgan fingerprint density at radius 3 is 2.20 bits per heavy atom. The van der Waals surface area contributed by atoms with Gasteiger partial charge in [-0.05, 0) is 38.5 Å². The van der Waals surface area contributed by atoms with Gasteiger partial charge in [0.1, 0.15) is 0 Å². The summed E-state index contributed by atoms with van der Waals surface area (Å²) in [5, 5.41) is 3.72. The first kappa shape index (κ1) is 13.0. The van der Waals surface area contributed by atoms with E-state index in [1.54, 1.807) is 0 Å². The van der Waals surface area contributed by atoms with Crippen molar-refractivity contribution < 1.29 is 0 Å². The Kier molecular flexibility index (Phi) is 5.07. The molecular weight excluding hydrogens is 184 g/mol. The normalized spacial score (nSPS) is 31.6. The quantitative estimate of drug-likeness (QED) is 0.751. The van der Waals surface area contributed by atoms with E-state index in [-0.39, 0.29) is 6.04 Å². The van der Waals surface area contributed by atoms with Crippen molar-refractivity contribution in [3.05, 3.63) is 0 Å². The maximum atomic E-state index is 5.91. The molecule has 0 amide bonds. The van der Waals surface area contributed by atoms with Gasteiger partial charge in [0.15, 0.2) is 0 Å². The Hall–Kier alpha value is -0.0800. The molecule has 1 aliphatic rings. The van der Waals surface area contributed by atoms with Crippen LogP contribution >= 0.6 is 0 Å². The van der Waals surface area contributed by atoms with Gasteiger partial charge in [-0.15, -0.1) is 0 Å². The number of nitrogens with two attached hydrogens (primary N) is 1. The van der Waals surface area contributed by atoms with Crippen LogP contribution in [0.25, 0.3) is 0 Å². The fraction of sp³-hybridized carbons (Fsp3) is 1.00. The topological polar surface area (TPSA) is 38.0 Å². The molecule has 15 heavy (non-hydrogen) atoms. The molecule has 0 saturated heterocycles. The maximum Gasteiger partial charge on any atom is 0.0190 e. The molecule has 90 valence electrons. The summed E-state index contributed by atoms with van der Waals surface area (Å²) in [4.78, 5) is 0. The Bertz CT molecular complexity index is 177. The second-order valence-corrected chi connectivity index (χ2v) is 5.61. The first-order valence-corrected chi connectivity index (χ1v) is 6.54. The van der Waals surface area contributed by atoms with E-state index in [4.69, 9.17) is 5.73 Å². The van der Waals surface area contributed by atoms with E-state index in [2.05, 4.69) is 33.0 Å². The van der Waals surface area contributed by atoms with Gasteiger partial charge in [0, 0.05) is 18.1 Å². The molecule has 3 N–H and O–H groups in total. The highest BCUT2D eigenvalue weighted by molar-refractivity contribution is 4.86. The van der Waals surface area contributed by atoms with E-state index < -0.39 is 0 Å². The molecule has 2 heteroatoms. The lowest BCUT2D eigenvalue weighted by molar-refractivity contribution is 0.190. The summed E-state index contributed by atoms with van der Waals surface area (Å²) in [7, 11) is 0. The van der Waals surface area contributed by atoms with Crippen molar-refractivity contribution in [1.29, 1.82) is 0 Å². The van der Waals surface area contributed by atoms with Crippen LogP contribution in [0.2, 0.25) is 0 Å². The second kappa shape index (κ2) is 5.86. The van der Waals surface area contributed by atoms with Crippen LogP contribution in [0.15, 0.2) is 0 Å². The van der Waals surface area contributed by atoms with Crippen molar-refractivity contribution in [2.24, 2.45) is 17.6 Å². The third kappa shape index (κ3) is 3.76. The van der Waals surface area contributed by atoms with Gasteiger partial charge in [-0.1, -0.05) is 26.7 Å². The predicted molar refractivity (Wildman–Crippen MR) is 66.8 cm³/mol. The van der Waals surface area contributed by atoms with Crippen molar-refractivity contribution in [2.45, 2.75) is 71.5 Å². The van der Waals surface area contributed by atoms with Crippen LogP contribution in [0.1, 0.15) is 53.4 Å². The molecule has 0 spiro atoms. The summed E-state index contributed by atoms with van der Waals surface area (Å²) in [5.41, 5.74) is 5.91. The molecule has 4 unspecified atom stereocenters. The molecule has 0 aromatic carbocycles. The molecule has 1 aliphatic carbocycles. The highest BCUT2D eigenvalue weighted by Crippen LogP contribution is 2.30. The summed E-state index contributed by atoms with van der Waals surface area (Å²) < 4.78 is 0. The second-order valence-electron chi connectivity index (χ2n) is 5.61. The molecule has 0 bridgehead atoms. The molecule has 0 heterocycles.